The predicted octanol–water partition coefficient (Wildman–Crippen LogP) is 5.51. The van der Waals surface area contributed by atoms with E-state index in [1.54, 1.807) is 24.3 Å². The minimum absolute atomic E-state index is 0.272. The lowest BCUT2D eigenvalue weighted by atomic mass is 10.2. The molecule has 6 nitrogen and oxygen atoms in total. The van der Waals surface area contributed by atoms with Crippen molar-refractivity contribution in [3.63, 3.8) is 0 Å². The van der Waals surface area contributed by atoms with E-state index in [4.69, 9.17) is 9.47 Å². The van der Waals surface area contributed by atoms with Crippen molar-refractivity contribution in [2.24, 2.45) is 5.92 Å². The van der Waals surface area contributed by atoms with Crippen molar-refractivity contribution in [1.29, 1.82) is 0 Å². The molecule has 0 fully saturated rings. The second-order valence-electron chi connectivity index (χ2n) is 6.76. The molecular formula is C21H21FN2O4S. The Morgan fingerprint density at radius 2 is 1.83 bits per heavy atom. The van der Waals surface area contributed by atoms with Crippen LogP contribution in [0.5, 0.6) is 5.75 Å². The molecule has 1 aromatic heterocycles. The monoisotopic (exact) mass is 416 g/mol. The highest BCUT2D eigenvalue weighted by molar-refractivity contribution is 7.21. The van der Waals surface area contributed by atoms with Crippen molar-refractivity contribution >= 4 is 44.8 Å². The summed E-state index contributed by atoms with van der Waals surface area (Å²) in [6, 6.07) is 10.4. The summed E-state index contributed by atoms with van der Waals surface area (Å²) in [4.78, 5) is 24.8. The van der Waals surface area contributed by atoms with Crippen LogP contribution in [0.25, 0.3) is 10.1 Å². The highest BCUT2D eigenvalue weighted by atomic mass is 32.1. The first-order chi connectivity index (χ1) is 13.9. The highest BCUT2D eigenvalue weighted by Crippen LogP contribution is 2.40. The zero-order valence-corrected chi connectivity index (χ0v) is 17.1. The van der Waals surface area contributed by atoms with Crippen molar-refractivity contribution < 1.29 is 23.5 Å². The number of hydrogen-bond acceptors (Lipinski definition) is 5. The molecule has 0 saturated heterocycles. The summed E-state index contributed by atoms with van der Waals surface area (Å²) in [5.41, 5.74) is 0.850. The number of thiophene rings is 1. The predicted molar refractivity (Wildman–Crippen MR) is 113 cm³/mol. The Hall–Kier alpha value is -3.13. The van der Waals surface area contributed by atoms with Crippen molar-refractivity contribution in [3.8, 4) is 5.75 Å². The summed E-state index contributed by atoms with van der Waals surface area (Å²) in [5, 5.41) is 5.99. The normalized spacial score (nSPS) is 10.8. The van der Waals surface area contributed by atoms with Gasteiger partial charge in [-0.2, -0.15) is 0 Å². The molecule has 0 aliphatic heterocycles. The number of ether oxygens (including phenoxy) is 2. The van der Waals surface area contributed by atoms with E-state index in [2.05, 4.69) is 10.6 Å². The molecule has 1 heterocycles. The summed E-state index contributed by atoms with van der Waals surface area (Å²) in [6.45, 7) is 4.46. The molecule has 2 N–H and O–H groups in total. The molecule has 0 radical (unpaired) electrons. The van der Waals surface area contributed by atoms with Crippen LogP contribution in [0.15, 0.2) is 42.5 Å². The third-order valence-electron chi connectivity index (χ3n) is 3.91. The molecular weight excluding hydrogens is 395 g/mol. The van der Waals surface area contributed by atoms with Crippen molar-refractivity contribution in [3.05, 3.63) is 53.2 Å². The molecule has 2 amide bonds. The number of hydrogen-bond donors (Lipinski definition) is 2. The van der Waals surface area contributed by atoms with Gasteiger partial charge in [-0.15, -0.1) is 11.3 Å². The largest absolute Gasteiger partial charge is 0.491 e. The molecule has 3 aromatic rings. The number of urea groups is 1. The first kappa shape index (κ1) is 20.6. The van der Waals surface area contributed by atoms with E-state index in [-0.39, 0.29) is 5.92 Å². The molecule has 0 saturated carbocycles. The zero-order valence-electron chi connectivity index (χ0n) is 16.2. The topological polar surface area (TPSA) is 76.7 Å². The average Bonchev–Trinajstić information content (AvgIpc) is 3.03. The fourth-order valence-corrected chi connectivity index (χ4v) is 3.68. The van der Waals surface area contributed by atoms with Gasteiger partial charge in [-0.3, -0.25) is 0 Å². The molecule has 8 heteroatoms. The lowest BCUT2D eigenvalue weighted by molar-refractivity contribution is 0.0601. The maximum atomic E-state index is 13.3. The van der Waals surface area contributed by atoms with E-state index in [1.807, 2.05) is 13.8 Å². The van der Waals surface area contributed by atoms with Crippen LogP contribution in [-0.2, 0) is 4.74 Å². The number of nitrogens with one attached hydrogen (secondary N) is 2. The van der Waals surface area contributed by atoms with Crippen LogP contribution in [-0.4, -0.2) is 25.7 Å². The van der Waals surface area contributed by atoms with Gasteiger partial charge in [0.15, 0.2) is 10.6 Å². The number of anilines is 2. The molecule has 0 bridgehead atoms. The van der Waals surface area contributed by atoms with Crippen LogP contribution in [0.2, 0.25) is 0 Å². The lowest BCUT2D eigenvalue weighted by Gasteiger charge is -2.11. The first-order valence-corrected chi connectivity index (χ1v) is 9.80. The number of rotatable bonds is 6. The van der Waals surface area contributed by atoms with Gasteiger partial charge < -0.3 is 20.1 Å². The van der Waals surface area contributed by atoms with Gasteiger partial charge in [-0.25, -0.2) is 14.0 Å². The Morgan fingerprint density at radius 3 is 2.48 bits per heavy atom. The fraction of sp³-hybridized carbons (Fsp3) is 0.238. The van der Waals surface area contributed by atoms with E-state index in [1.165, 1.54) is 36.6 Å². The Bertz CT molecular complexity index is 1050. The Labute approximate surface area is 171 Å². The van der Waals surface area contributed by atoms with Crippen LogP contribution in [0, 0.1) is 11.7 Å². The van der Waals surface area contributed by atoms with Gasteiger partial charge in [-0.1, -0.05) is 19.9 Å². The summed E-state index contributed by atoms with van der Waals surface area (Å²) in [5.74, 6) is -0.193. The van der Waals surface area contributed by atoms with E-state index < -0.39 is 17.8 Å². The minimum Gasteiger partial charge on any atom is -0.491 e. The van der Waals surface area contributed by atoms with Crippen LogP contribution in [0.1, 0.15) is 23.5 Å². The summed E-state index contributed by atoms with van der Waals surface area (Å²) < 4.78 is 24.8. The van der Waals surface area contributed by atoms with E-state index in [0.717, 1.165) is 4.70 Å². The molecule has 0 spiro atoms. The molecule has 3 rings (SSSR count). The van der Waals surface area contributed by atoms with Crippen LogP contribution in [0.3, 0.4) is 0 Å². The standard InChI is InChI=1S/C21H21FN2O4S/c1-12(2)11-28-18-16-10-15(7-8-17(16)29-19(18)20(25)27-3)24-21(26)23-14-6-4-5-13(22)9-14/h4-10,12H,11H2,1-3H3,(H2,23,24,26). The van der Waals surface area contributed by atoms with Gasteiger partial charge in [-0.05, 0) is 42.3 Å². The Balaban J connectivity index is 1.86. The van der Waals surface area contributed by atoms with Crippen LogP contribution in [0.4, 0.5) is 20.6 Å². The van der Waals surface area contributed by atoms with Gasteiger partial charge in [0.25, 0.3) is 0 Å². The number of carbonyl (C=O) groups is 2. The first-order valence-electron chi connectivity index (χ1n) is 8.98. The molecule has 152 valence electrons. The lowest BCUT2D eigenvalue weighted by Crippen LogP contribution is -2.19. The highest BCUT2D eigenvalue weighted by Gasteiger charge is 2.21. The number of methoxy groups -OCH3 is 1. The van der Waals surface area contributed by atoms with Crippen molar-refractivity contribution in [2.45, 2.75) is 13.8 Å². The Morgan fingerprint density at radius 1 is 1.10 bits per heavy atom. The van der Waals surface area contributed by atoms with Gasteiger partial charge in [0.2, 0.25) is 0 Å². The summed E-state index contributed by atoms with van der Waals surface area (Å²) in [6.07, 6.45) is 0. The molecule has 0 aliphatic rings. The van der Waals surface area contributed by atoms with Crippen molar-refractivity contribution in [1.82, 2.24) is 0 Å². The molecule has 0 unspecified atom stereocenters. The molecule has 29 heavy (non-hydrogen) atoms. The van der Waals surface area contributed by atoms with Crippen molar-refractivity contribution in [2.75, 3.05) is 24.4 Å². The smallest absolute Gasteiger partial charge is 0.351 e. The maximum absolute atomic E-state index is 13.3. The fourth-order valence-electron chi connectivity index (χ4n) is 2.63. The zero-order chi connectivity index (χ0) is 21.0. The number of esters is 1. The van der Waals surface area contributed by atoms with E-state index in [9.17, 15) is 14.0 Å². The summed E-state index contributed by atoms with van der Waals surface area (Å²) in [7, 11) is 1.32. The van der Waals surface area contributed by atoms with Gasteiger partial charge in [0.05, 0.1) is 13.7 Å². The number of benzene rings is 2. The quantitative estimate of drug-likeness (QED) is 0.520. The number of amides is 2. The molecule has 2 aromatic carbocycles. The minimum atomic E-state index is -0.511. The second-order valence-corrected chi connectivity index (χ2v) is 7.81. The van der Waals surface area contributed by atoms with E-state index in [0.29, 0.717) is 34.0 Å². The third-order valence-corrected chi connectivity index (χ3v) is 5.05. The van der Waals surface area contributed by atoms with Gasteiger partial charge >= 0.3 is 12.0 Å². The van der Waals surface area contributed by atoms with Gasteiger partial charge in [0, 0.05) is 21.5 Å². The third kappa shape index (κ3) is 5.03. The second kappa shape index (κ2) is 8.91. The molecule has 0 aliphatic carbocycles. The Kier molecular flexibility index (Phi) is 6.33. The SMILES string of the molecule is COC(=O)c1sc2ccc(NC(=O)Nc3cccc(F)c3)cc2c1OCC(C)C. The number of halogens is 1. The summed E-state index contributed by atoms with van der Waals surface area (Å²) >= 11 is 1.27. The van der Waals surface area contributed by atoms with Crippen LogP contribution < -0.4 is 15.4 Å². The number of carbonyl (C=O) groups excluding carboxylic acids is 2. The maximum Gasteiger partial charge on any atom is 0.351 e. The van der Waals surface area contributed by atoms with E-state index >= 15 is 0 Å². The van der Waals surface area contributed by atoms with Gasteiger partial charge in [0.1, 0.15) is 5.82 Å². The average molecular weight is 416 g/mol. The molecule has 0 atom stereocenters. The van der Waals surface area contributed by atoms with Crippen LogP contribution >= 0.6 is 11.3 Å². The number of fused-ring (bicyclic) bond motifs is 1.